The van der Waals surface area contributed by atoms with Crippen molar-refractivity contribution in [2.24, 2.45) is 11.8 Å². The Kier molecular flexibility index (Phi) is 10.4. The van der Waals surface area contributed by atoms with Gasteiger partial charge in [0.2, 0.25) is 0 Å². The standard InChI is InChI=1S/C33H40O8/c1-35-26-13-10-21(16-29(26)38-4)8-7-9-23-17-25(32(34)22-11-14-27(36-2)30(18-22)39-5)20-41-33(23)24-12-15-28(37-3)31(19-24)40-6/h7-8,10-16,18-19,23,25,32-34H,9,17,20H2,1-6H3/b8-7-/t23-,25+,32?,33-/m1/s1. The van der Waals surface area contributed by atoms with Crippen molar-refractivity contribution >= 4 is 6.08 Å². The lowest BCUT2D eigenvalue weighted by Crippen LogP contribution is -2.32. The SMILES string of the molecule is COc1ccc(/C=C\C[C@@H]2C[C@H](C(O)c3ccc(OC)c(OC)c3)CO[C@H]2c2ccc(OC)c(OC)c2)cc1OC. The van der Waals surface area contributed by atoms with Crippen molar-refractivity contribution in [3.8, 4) is 34.5 Å². The highest BCUT2D eigenvalue weighted by atomic mass is 16.5. The predicted octanol–water partition coefficient (Wildman–Crippen LogP) is 6.27. The fraction of sp³-hybridized carbons (Fsp3) is 0.394. The fourth-order valence-corrected chi connectivity index (χ4v) is 5.43. The summed E-state index contributed by atoms with van der Waals surface area (Å²) < 4.78 is 39.1. The lowest BCUT2D eigenvalue weighted by molar-refractivity contribution is -0.0901. The molecule has 8 nitrogen and oxygen atoms in total. The Hall–Kier alpha value is -3.88. The van der Waals surface area contributed by atoms with Crippen molar-refractivity contribution in [3.05, 3.63) is 77.4 Å². The minimum Gasteiger partial charge on any atom is -0.493 e. The van der Waals surface area contributed by atoms with E-state index in [9.17, 15) is 5.11 Å². The number of rotatable bonds is 12. The molecule has 3 aromatic carbocycles. The molecule has 4 rings (SSSR count). The van der Waals surface area contributed by atoms with Crippen LogP contribution < -0.4 is 28.4 Å². The van der Waals surface area contributed by atoms with Crippen molar-refractivity contribution in [3.63, 3.8) is 0 Å². The Labute approximate surface area is 242 Å². The number of methoxy groups -OCH3 is 6. The van der Waals surface area contributed by atoms with Gasteiger partial charge in [0.15, 0.2) is 34.5 Å². The van der Waals surface area contributed by atoms with Crippen LogP contribution in [-0.4, -0.2) is 54.4 Å². The van der Waals surface area contributed by atoms with Crippen molar-refractivity contribution < 1.29 is 38.3 Å². The Morgan fingerprint density at radius 3 is 1.93 bits per heavy atom. The number of ether oxygens (including phenoxy) is 7. The summed E-state index contributed by atoms with van der Waals surface area (Å²) in [5.41, 5.74) is 2.77. The molecule has 1 heterocycles. The largest absolute Gasteiger partial charge is 0.493 e. The van der Waals surface area contributed by atoms with Crippen molar-refractivity contribution in [1.82, 2.24) is 0 Å². The average molecular weight is 565 g/mol. The van der Waals surface area contributed by atoms with E-state index in [-0.39, 0.29) is 17.9 Å². The third-order valence-corrected chi connectivity index (χ3v) is 7.61. The first kappa shape index (κ1) is 30.1. The number of benzene rings is 3. The topological polar surface area (TPSA) is 84.8 Å². The zero-order chi connectivity index (χ0) is 29.4. The Morgan fingerprint density at radius 1 is 0.732 bits per heavy atom. The summed E-state index contributed by atoms with van der Waals surface area (Å²) in [6, 6.07) is 17.2. The van der Waals surface area contributed by atoms with Crippen LogP contribution in [0.15, 0.2) is 60.7 Å². The minimum atomic E-state index is -0.724. The van der Waals surface area contributed by atoms with E-state index in [0.29, 0.717) is 41.1 Å². The normalized spacial score (nSPS) is 19.4. The zero-order valence-corrected chi connectivity index (χ0v) is 24.6. The number of aliphatic hydroxyl groups is 1. The second-order valence-electron chi connectivity index (χ2n) is 9.94. The van der Waals surface area contributed by atoms with Crippen LogP contribution in [0.3, 0.4) is 0 Å². The quantitative estimate of drug-likeness (QED) is 0.276. The summed E-state index contributed by atoms with van der Waals surface area (Å²) in [5.74, 6) is 3.87. The lowest BCUT2D eigenvalue weighted by Gasteiger charge is -2.38. The van der Waals surface area contributed by atoms with E-state index in [1.54, 1.807) is 42.7 Å². The molecule has 3 aromatic rings. The van der Waals surface area contributed by atoms with Gasteiger partial charge in [-0.15, -0.1) is 0 Å². The highest BCUT2D eigenvalue weighted by Gasteiger charge is 2.36. The van der Waals surface area contributed by atoms with Crippen LogP contribution in [0.5, 0.6) is 34.5 Å². The number of hydrogen-bond acceptors (Lipinski definition) is 8. The van der Waals surface area contributed by atoms with Gasteiger partial charge in [-0.3, -0.25) is 0 Å². The van der Waals surface area contributed by atoms with Gasteiger partial charge in [-0.1, -0.05) is 30.4 Å². The molecule has 0 saturated carbocycles. The maximum atomic E-state index is 11.4. The van der Waals surface area contributed by atoms with E-state index in [1.807, 2.05) is 54.6 Å². The number of hydrogen-bond donors (Lipinski definition) is 1. The van der Waals surface area contributed by atoms with Gasteiger partial charge in [0, 0.05) is 5.92 Å². The van der Waals surface area contributed by atoms with E-state index in [0.717, 1.165) is 29.5 Å². The van der Waals surface area contributed by atoms with Crippen LogP contribution >= 0.6 is 0 Å². The molecular formula is C33H40O8. The van der Waals surface area contributed by atoms with Crippen LogP contribution in [0, 0.1) is 11.8 Å². The lowest BCUT2D eigenvalue weighted by atomic mass is 9.79. The molecule has 1 fully saturated rings. The first-order chi connectivity index (χ1) is 20.0. The molecule has 41 heavy (non-hydrogen) atoms. The molecule has 0 bridgehead atoms. The summed E-state index contributed by atoms with van der Waals surface area (Å²) in [6.45, 7) is 0.407. The first-order valence-corrected chi connectivity index (χ1v) is 13.6. The van der Waals surface area contributed by atoms with Gasteiger partial charge in [-0.25, -0.2) is 0 Å². The van der Waals surface area contributed by atoms with Gasteiger partial charge in [0.05, 0.1) is 61.5 Å². The van der Waals surface area contributed by atoms with E-state index >= 15 is 0 Å². The Morgan fingerprint density at radius 2 is 1.29 bits per heavy atom. The molecule has 0 amide bonds. The Bertz CT molecular complexity index is 1320. The molecule has 0 spiro atoms. The maximum Gasteiger partial charge on any atom is 0.161 e. The van der Waals surface area contributed by atoms with Gasteiger partial charge in [0.1, 0.15) is 0 Å². The third-order valence-electron chi connectivity index (χ3n) is 7.61. The molecule has 1 unspecified atom stereocenters. The summed E-state index contributed by atoms with van der Waals surface area (Å²) in [5, 5.41) is 11.4. The van der Waals surface area contributed by atoms with Crippen LogP contribution in [0.1, 0.15) is 41.7 Å². The van der Waals surface area contributed by atoms with E-state index in [1.165, 1.54) is 0 Å². The van der Waals surface area contributed by atoms with Gasteiger partial charge in [-0.2, -0.15) is 0 Å². The molecule has 1 aliphatic heterocycles. The highest BCUT2D eigenvalue weighted by Crippen LogP contribution is 2.44. The van der Waals surface area contributed by atoms with Crippen molar-refractivity contribution in [2.45, 2.75) is 25.0 Å². The van der Waals surface area contributed by atoms with Gasteiger partial charge < -0.3 is 38.3 Å². The second kappa shape index (κ2) is 14.1. The molecule has 1 aliphatic rings. The van der Waals surface area contributed by atoms with Crippen LogP contribution in [0.25, 0.3) is 6.08 Å². The predicted molar refractivity (Wildman–Crippen MR) is 158 cm³/mol. The van der Waals surface area contributed by atoms with Crippen LogP contribution in [-0.2, 0) is 4.74 Å². The van der Waals surface area contributed by atoms with E-state index in [4.69, 9.17) is 33.2 Å². The molecule has 0 aromatic heterocycles. The summed E-state index contributed by atoms with van der Waals surface area (Å²) in [4.78, 5) is 0. The molecule has 0 radical (unpaired) electrons. The summed E-state index contributed by atoms with van der Waals surface area (Å²) in [6.07, 6.45) is 4.81. The van der Waals surface area contributed by atoms with Crippen LogP contribution in [0.2, 0.25) is 0 Å². The Balaban J connectivity index is 1.59. The van der Waals surface area contributed by atoms with Crippen molar-refractivity contribution in [1.29, 1.82) is 0 Å². The zero-order valence-electron chi connectivity index (χ0n) is 24.6. The monoisotopic (exact) mass is 564 g/mol. The fourth-order valence-electron chi connectivity index (χ4n) is 5.43. The third kappa shape index (κ3) is 6.89. The van der Waals surface area contributed by atoms with Gasteiger partial charge in [-0.05, 0) is 71.8 Å². The smallest absolute Gasteiger partial charge is 0.161 e. The van der Waals surface area contributed by atoms with E-state index < -0.39 is 6.10 Å². The van der Waals surface area contributed by atoms with Crippen molar-refractivity contribution in [2.75, 3.05) is 49.3 Å². The molecule has 8 heteroatoms. The molecule has 4 atom stereocenters. The first-order valence-electron chi connectivity index (χ1n) is 13.6. The minimum absolute atomic E-state index is 0.0954. The average Bonchev–Trinajstić information content (AvgIpc) is 3.03. The molecule has 1 N–H and O–H groups in total. The van der Waals surface area contributed by atoms with Crippen LogP contribution in [0.4, 0.5) is 0 Å². The van der Waals surface area contributed by atoms with Gasteiger partial charge >= 0.3 is 0 Å². The summed E-state index contributed by atoms with van der Waals surface area (Å²) in [7, 11) is 9.68. The molecule has 1 saturated heterocycles. The highest BCUT2D eigenvalue weighted by molar-refractivity contribution is 5.56. The summed E-state index contributed by atoms with van der Waals surface area (Å²) >= 11 is 0. The van der Waals surface area contributed by atoms with E-state index in [2.05, 4.69) is 12.2 Å². The van der Waals surface area contributed by atoms with Gasteiger partial charge in [0.25, 0.3) is 0 Å². The second-order valence-corrected chi connectivity index (χ2v) is 9.94. The maximum absolute atomic E-state index is 11.4. The molecule has 220 valence electrons. The number of allylic oxidation sites excluding steroid dienone is 1. The molecular weight excluding hydrogens is 524 g/mol. The number of aliphatic hydroxyl groups excluding tert-OH is 1. The molecule has 0 aliphatic carbocycles.